The fourth-order valence-corrected chi connectivity index (χ4v) is 3.12. The molecular weight excluding hydrogens is 310 g/mol. The van der Waals surface area contributed by atoms with Crippen molar-refractivity contribution in [2.45, 2.75) is 30.8 Å². The number of hydrogen-bond acceptors (Lipinski definition) is 3. The van der Waals surface area contributed by atoms with Crippen molar-refractivity contribution in [3.8, 4) is 6.07 Å². The third kappa shape index (κ3) is 2.58. The molecule has 1 saturated carbocycles. The minimum atomic E-state index is -0.764. The molecule has 1 aliphatic rings. The quantitative estimate of drug-likeness (QED) is 0.864. The zero-order valence-electron chi connectivity index (χ0n) is 11.5. The summed E-state index contributed by atoms with van der Waals surface area (Å²) < 4.78 is 28.9. The molecule has 0 bridgehead atoms. The van der Waals surface area contributed by atoms with Crippen molar-refractivity contribution >= 4 is 11.6 Å². The first-order valence-electron chi connectivity index (χ1n) is 6.84. The van der Waals surface area contributed by atoms with Crippen molar-refractivity contribution in [2.75, 3.05) is 0 Å². The smallest absolute Gasteiger partial charge is 0.145 e. The number of nitrogens with two attached hydrogens (primary N) is 1. The normalized spacial score (nSPS) is 24.4. The number of rotatable bonds is 2. The molecule has 3 unspecified atom stereocenters. The molecule has 22 heavy (non-hydrogen) atoms. The van der Waals surface area contributed by atoms with Crippen molar-refractivity contribution in [3.63, 3.8) is 0 Å². The summed E-state index contributed by atoms with van der Waals surface area (Å²) in [5.74, 6) is -1.60. The Bertz CT molecular complexity index is 729. The molecular formula is C15H13ClF2N4. The van der Waals surface area contributed by atoms with Gasteiger partial charge in [0.05, 0.1) is 17.8 Å². The summed E-state index contributed by atoms with van der Waals surface area (Å²) >= 11 is 5.51. The van der Waals surface area contributed by atoms with Gasteiger partial charge in [-0.1, -0.05) is 11.6 Å². The number of hydrogen-bond donors (Lipinski definition) is 1. The van der Waals surface area contributed by atoms with E-state index in [2.05, 4.69) is 5.10 Å². The third-order valence-corrected chi connectivity index (χ3v) is 4.49. The number of halogens is 3. The molecule has 0 spiro atoms. The number of aromatic nitrogens is 2. The van der Waals surface area contributed by atoms with E-state index in [1.807, 2.05) is 6.07 Å². The summed E-state index contributed by atoms with van der Waals surface area (Å²) in [6.45, 7) is 0. The van der Waals surface area contributed by atoms with E-state index in [-0.39, 0.29) is 18.0 Å². The van der Waals surface area contributed by atoms with Crippen molar-refractivity contribution < 1.29 is 8.78 Å². The van der Waals surface area contributed by atoms with Crippen LogP contribution in [0.5, 0.6) is 0 Å². The second-order valence-corrected chi connectivity index (χ2v) is 5.90. The zero-order valence-corrected chi connectivity index (χ0v) is 12.3. The second-order valence-electron chi connectivity index (χ2n) is 5.52. The van der Waals surface area contributed by atoms with Crippen LogP contribution in [0.1, 0.15) is 35.9 Å². The van der Waals surface area contributed by atoms with E-state index in [0.717, 1.165) is 0 Å². The molecule has 0 aliphatic heterocycles. The maximum absolute atomic E-state index is 13.6. The highest BCUT2D eigenvalue weighted by Gasteiger charge is 2.35. The lowest BCUT2D eigenvalue weighted by Gasteiger charge is -2.15. The summed E-state index contributed by atoms with van der Waals surface area (Å²) in [5, 5.41) is 12.5. The summed E-state index contributed by atoms with van der Waals surface area (Å²) in [7, 11) is 0. The van der Waals surface area contributed by atoms with Crippen LogP contribution in [0.3, 0.4) is 0 Å². The third-order valence-electron chi connectivity index (χ3n) is 4.12. The Hall–Kier alpha value is -1.97. The van der Waals surface area contributed by atoms with Crippen molar-refractivity contribution in [1.82, 2.24) is 9.78 Å². The molecule has 1 heterocycles. The van der Waals surface area contributed by atoms with Crippen LogP contribution in [-0.2, 0) is 0 Å². The summed E-state index contributed by atoms with van der Waals surface area (Å²) in [6.07, 6.45) is 4.30. The van der Waals surface area contributed by atoms with Crippen LogP contribution in [0.4, 0.5) is 8.78 Å². The highest BCUT2D eigenvalue weighted by Crippen LogP contribution is 2.41. The van der Waals surface area contributed by atoms with E-state index in [1.165, 1.54) is 18.3 Å². The SMILES string of the molecule is N#Cc1cnn(C2CC(c3cc(F)c(Cl)c(F)c3)CC2N)c1. The van der Waals surface area contributed by atoms with Crippen molar-refractivity contribution in [2.24, 2.45) is 5.73 Å². The molecule has 3 rings (SSSR count). The first kappa shape index (κ1) is 14.9. The minimum absolute atomic E-state index is 0.0731. The molecule has 3 atom stereocenters. The maximum Gasteiger partial charge on any atom is 0.145 e. The summed E-state index contributed by atoms with van der Waals surface area (Å²) in [5.41, 5.74) is 7.14. The minimum Gasteiger partial charge on any atom is -0.326 e. The molecule has 2 N–H and O–H groups in total. The standard InChI is InChI=1S/C15H13ClF2N4/c16-15-11(17)1-9(2-12(15)18)10-3-13(20)14(4-10)22-7-8(5-19)6-21-22/h1-2,6-7,10,13-14H,3-4,20H2. The van der Waals surface area contributed by atoms with Crippen molar-refractivity contribution in [3.05, 3.63) is 52.3 Å². The second kappa shape index (κ2) is 5.67. The predicted molar refractivity (Wildman–Crippen MR) is 77.3 cm³/mol. The van der Waals surface area contributed by atoms with Crippen LogP contribution < -0.4 is 5.73 Å². The monoisotopic (exact) mass is 322 g/mol. The highest BCUT2D eigenvalue weighted by atomic mass is 35.5. The Balaban J connectivity index is 1.85. The van der Waals surface area contributed by atoms with Gasteiger partial charge in [-0.3, -0.25) is 4.68 Å². The van der Waals surface area contributed by atoms with E-state index in [9.17, 15) is 8.78 Å². The summed E-state index contributed by atoms with van der Waals surface area (Å²) in [6, 6.07) is 4.23. The van der Waals surface area contributed by atoms with Gasteiger partial charge < -0.3 is 5.73 Å². The van der Waals surface area contributed by atoms with E-state index in [1.54, 1.807) is 10.9 Å². The molecule has 4 nitrogen and oxygen atoms in total. The Morgan fingerprint density at radius 2 is 2.00 bits per heavy atom. The lowest BCUT2D eigenvalue weighted by atomic mass is 9.97. The van der Waals surface area contributed by atoms with Crippen LogP contribution in [0, 0.1) is 23.0 Å². The summed E-state index contributed by atoms with van der Waals surface area (Å²) in [4.78, 5) is 0. The van der Waals surface area contributed by atoms with Gasteiger partial charge in [0.2, 0.25) is 0 Å². The largest absolute Gasteiger partial charge is 0.326 e. The van der Waals surface area contributed by atoms with E-state index in [0.29, 0.717) is 24.0 Å². The van der Waals surface area contributed by atoms with Gasteiger partial charge in [0, 0.05) is 12.2 Å². The average Bonchev–Trinajstić information content (AvgIpc) is 3.10. The maximum atomic E-state index is 13.6. The number of benzene rings is 1. The Morgan fingerprint density at radius 3 is 2.59 bits per heavy atom. The molecule has 1 aromatic heterocycles. The molecule has 1 aromatic carbocycles. The van der Waals surface area contributed by atoms with Gasteiger partial charge in [-0.05, 0) is 36.5 Å². The molecule has 114 valence electrons. The first-order valence-corrected chi connectivity index (χ1v) is 7.21. The van der Waals surface area contributed by atoms with E-state index >= 15 is 0 Å². The van der Waals surface area contributed by atoms with Gasteiger partial charge >= 0.3 is 0 Å². The first-order chi connectivity index (χ1) is 10.5. The fraction of sp³-hybridized carbons (Fsp3) is 0.333. The molecule has 2 aromatic rings. The van der Waals surface area contributed by atoms with Crippen molar-refractivity contribution in [1.29, 1.82) is 5.26 Å². The van der Waals surface area contributed by atoms with Gasteiger partial charge in [-0.15, -0.1) is 0 Å². The lowest BCUT2D eigenvalue weighted by molar-refractivity contribution is 0.419. The van der Waals surface area contributed by atoms with Gasteiger partial charge in [-0.25, -0.2) is 8.78 Å². The van der Waals surface area contributed by atoms with Gasteiger partial charge in [0.15, 0.2) is 0 Å². The van der Waals surface area contributed by atoms with Crippen LogP contribution in [-0.4, -0.2) is 15.8 Å². The van der Waals surface area contributed by atoms with Crippen LogP contribution in [0.25, 0.3) is 0 Å². The highest BCUT2D eigenvalue weighted by molar-refractivity contribution is 6.30. The number of nitriles is 1. The van der Waals surface area contributed by atoms with E-state index < -0.39 is 16.7 Å². The van der Waals surface area contributed by atoms with E-state index in [4.69, 9.17) is 22.6 Å². The Kier molecular flexibility index (Phi) is 3.85. The molecule has 7 heteroatoms. The predicted octanol–water partition coefficient (Wildman–Crippen LogP) is 3.13. The molecule has 0 amide bonds. The Morgan fingerprint density at radius 1 is 1.32 bits per heavy atom. The van der Waals surface area contributed by atoms with Gasteiger partial charge in [0.1, 0.15) is 22.7 Å². The average molecular weight is 323 g/mol. The molecule has 1 aliphatic carbocycles. The number of nitrogens with zero attached hydrogens (tertiary/aromatic N) is 3. The Labute approximate surface area is 131 Å². The zero-order chi connectivity index (χ0) is 15.9. The molecule has 1 fully saturated rings. The van der Waals surface area contributed by atoms with Crippen LogP contribution in [0.2, 0.25) is 5.02 Å². The van der Waals surface area contributed by atoms with Gasteiger partial charge in [-0.2, -0.15) is 10.4 Å². The molecule has 0 radical (unpaired) electrons. The topological polar surface area (TPSA) is 67.6 Å². The van der Waals surface area contributed by atoms with Crippen LogP contribution >= 0.6 is 11.6 Å². The van der Waals surface area contributed by atoms with Gasteiger partial charge in [0.25, 0.3) is 0 Å². The lowest BCUT2D eigenvalue weighted by Crippen LogP contribution is -2.27. The van der Waals surface area contributed by atoms with Crippen LogP contribution in [0.15, 0.2) is 24.5 Å². The molecule has 0 saturated heterocycles. The fourth-order valence-electron chi connectivity index (χ4n) is 3.01.